The van der Waals surface area contributed by atoms with Crippen molar-refractivity contribution in [2.75, 3.05) is 0 Å². The molecule has 6 rings (SSSR count). The zero-order valence-corrected chi connectivity index (χ0v) is 22.7. The van der Waals surface area contributed by atoms with E-state index in [1.54, 1.807) is 24.3 Å². The van der Waals surface area contributed by atoms with Crippen molar-refractivity contribution in [1.29, 1.82) is 0 Å². The molecule has 4 aromatic rings. The summed E-state index contributed by atoms with van der Waals surface area (Å²) in [6.07, 6.45) is 5.94. The van der Waals surface area contributed by atoms with E-state index >= 15 is 0 Å². The van der Waals surface area contributed by atoms with Crippen molar-refractivity contribution in [1.82, 2.24) is 9.55 Å². The normalized spacial score (nSPS) is 15.3. The van der Waals surface area contributed by atoms with Gasteiger partial charge in [0.1, 0.15) is 5.82 Å². The highest BCUT2D eigenvalue weighted by molar-refractivity contribution is 8.13. The molecule has 38 heavy (non-hydrogen) atoms. The maximum atomic E-state index is 14.4. The van der Waals surface area contributed by atoms with Gasteiger partial charge in [-0.1, -0.05) is 90.8 Å². The molecule has 0 amide bonds. The number of fused-ring (bicyclic) bond motifs is 4. The van der Waals surface area contributed by atoms with Gasteiger partial charge in [-0.15, -0.1) is 0 Å². The molecule has 2 aliphatic rings. The number of hydrogen-bond acceptors (Lipinski definition) is 4. The van der Waals surface area contributed by atoms with Crippen molar-refractivity contribution in [2.24, 2.45) is 0 Å². The Morgan fingerprint density at radius 2 is 1.66 bits per heavy atom. The molecule has 1 saturated carbocycles. The second-order valence-electron chi connectivity index (χ2n) is 10.3. The van der Waals surface area contributed by atoms with Crippen LogP contribution in [0.1, 0.15) is 58.6 Å². The molecule has 6 heteroatoms. The standard InChI is InChI=1S/C32H29ClN2O2S/c33-25-14-12-23(13-15-25)31(37)38-21-27-34-29-26-11-5-4-10-24(26)20-32(17-6-7-18-32)28(29)30(36)35(27)19-16-22-8-2-1-3-9-22/h1-5,8-15H,6-7,16-21H2. The maximum absolute atomic E-state index is 14.4. The molecule has 1 heterocycles. The third-order valence-electron chi connectivity index (χ3n) is 8.02. The molecule has 1 fully saturated rings. The number of rotatable bonds is 6. The summed E-state index contributed by atoms with van der Waals surface area (Å²) in [7, 11) is 0. The third kappa shape index (κ3) is 4.74. The summed E-state index contributed by atoms with van der Waals surface area (Å²) in [4.78, 5) is 32.6. The van der Waals surface area contributed by atoms with E-state index in [0.29, 0.717) is 28.7 Å². The topological polar surface area (TPSA) is 52.0 Å². The van der Waals surface area contributed by atoms with Gasteiger partial charge in [-0.3, -0.25) is 14.2 Å². The number of carbonyl (C=O) groups is 1. The van der Waals surface area contributed by atoms with Gasteiger partial charge in [0.05, 0.1) is 17.0 Å². The molecule has 2 aliphatic carbocycles. The first-order valence-corrected chi connectivity index (χ1v) is 14.6. The fraction of sp³-hybridized carbons (Fsp3) is 0.281. The Balaban J connectivity index is 1.43. The lowest BCUT2D eigenvalue weighted by Crippen LogP contribution is -2.41. The van der Waals surface area contributed by atoms with Crippen LogP contribution < -0.4 is 5.56 Å². The Hall–Kier alpha value is -3.15. The molecular weight excluding hydrogens is 512 g/mol. The van der Waals surface area contributed by atoms with E-state index in [4.69, 9.17) is 16.6 Å². The van der Waals surface area contributed by atoms with E-state index in [-0.39, 0.29) is 16.1 Å². The van der Waals surface area contributed by atoms with E-state index < -0.39 is 0 Å². The van der Waals surface area contributed by atoms with Crippen LogP contribution in [0.25, 0.3) is 11.3 Å². The molecule has 1 spiro atoms. The number of hydrogen-bond donors (Lipinski definition) is 0. The summed E-state index contributed by atoms with van der Waals surface area (Å²) < 4.78 is 1.85. The van der Waals surface area contributed by atoms with Crippen LogP contribution in [0.5, 0.6) is 0 Å². The zero-order valence-electron chi connectivity index (χ0n) is 21.2. The molecule has 0 saturated heterocycles. The van der Waals surface area contributed by atoms with Crippen LogP contribution in [0, 0.1) is 0 Å². The van der Waals surface area contributed by atoms with Crippen molar-refractivity contribution in [3.05, 3.63) is 122 Å². The SMILES string of the molecule is O=C(SCc1nc2c(c(=O)n1CCc1ccccc1)C1(CCCC1)Cc1ccccc1-2)c1ccc(Cl)cc1. The Morgan fingerprint density at radius 1 is 0.947 bits per heavy atom. The number of carbonyl (C=O) groups excluding carboxylic acids is 1. The summed E-state index contributed by atoms with van der Waals surface area (Å²) in [5, 5.41) is 0.535. The molecule has 3 aromatic carbocycles. The van der Waals surface area contributed by atoms with Crippen LogP contribution in [0.15, 0.2) is 83.7 Å². The molecule has 0 atom stereocenters. The minimum absolute atomic E-state index is 0.0593. The number of aromatic nitrogens is 2. The van der Waals surface area contributed by atoms with E-state index in [9.17, 15) is 9.59 Å². The van der Waals surface area contributed by atoms with Gasteiger partial charge in [0.25, 0.3) is 5.56 Å². The Labute approximate surface area is 232 Å². The van der Waals surface area contributed by atoms with Gasteiger partial charge in [0, 0.05) is 28.1 Å². The first-order chi connectivity index (χ1) is 18.5. The van der Waals surface area contributed by atoms with Gasteiger partial charge in [0.15, 0.2) is 0 Å². The van der Waals surface area contributed by atoms with Gasteiger partial charge < -0.3 is 0 Å². The first-order valence-electron chi connectivity index (χ1n) is 13.2. The lowest BCUT2D eigenvalue weighted by molar-refractivity contribution is 0.108. The molecule has 0 N–H and O–H groups in total. The molecule has 0 radical (unpaired) electrons. The van der Waals surface area contributed by atoms with Crippen LogP contribution in [0.3, 0.4) is 0 Å². The monoisotopic (exact) mass is 540 g/mol. The van der Waals surface area contributed by atoms with Gasteiger partial charge in [-0.2, -0.15) is 0 Å². The van der Waals surface area contributed by atoms with Crippen LogP contribution in [-0.4, -0.2) is 14.7 Å². The predicted molar refractivity (Wildman–Crippen MR) is 155 cm³/mol. The van der Waals surface area contributed by atoms with Crippen molar-refractivity contribution in [3.63, 3.8) is 0 Å². The van der Waals surface area contributed by atoms with Crippen molar-refractivity contribution < 1.29 is 4.79 Å². The fourth-order valence-electron chi connectivity index (χ4n) is 6.13. The van der Waals surface area contributed by atoms with Gasteiger partial charge in [0.2, 0.25) is 5.12 Å². The number of benzene rings is 3. The van der Waals surface area contributed by atoms with Crippen molar-refractivity contribution >= 4 is 28.5 Å². The molecule has 0 unspecified atom stereocenters. The second-order valence-corrected chi connectivity index (χ2v) is 11.7. The minimum Gasteiger partial charge on any atom is -0.295 e. The van der Waals surface area contributed by atoms with E-state index in [1.807, 2.05) is 28.8 Å². The summed E-state index contributed by atoms with van der Waals surface area (Å²) in [6.45, 7) is 0.534. The van der Waals surface area contributed by atoms with Crippen molar-refractivity contribution in [3.8, 4) is 11.3 Å². The third-order valence-corrected chi connectivity index (χ3v) is 9.17. The zero-order chi connectivity index (χ0) is 26.1. The molecule has 4 nitrogen and oxygen atoms in total. The van der Waals surface area contributed by atoms with E-state index in [0.717, 1.165) is 55.3 Å². The van der Waals surface area contributed by atoms with E-state index in [2.05, 4.69) is 30.3 Å². The van der Waals surface area contributed by atoms with Crippen LogP contribution >= 0.6 is 23.4 Å². The smallest absolute Gasteiger partial charge is 0.257 e. The molecule has 1 aromatic heterocycles. The fourth-order valence-corrected chi connectivity index (χ4v) is 7.04. The largest absolute Gasteiger partial charge is 0.295 e. The summed E-state index contributed by atoms with van der Waals surface area (Å²) >= 11 is 7.19. The summed E-state index contributed by atoms with van der Waals surface area (Å²) in [5.41, 5.74) is 5.72. The average molecular weight is 541 g/mol. The van der Waals surface area contributed by atoms with Crippen molar-refractivity contribution in [2.45, 2.75) is 56.2 Å². The van der Waals surface area contributed by atoms with Crippen LogP contribution in [0.4, 0.5) is 0 Å². The molecule has 0 bridgehead atoms. The predicted octanol–water partition coefficient (Wildman–Crippen LogP) is 7.25. The maximum Gasteiger partial charge on any atom is 0.257 e. The van der Waals surface area contributed by atoms with Crippen LogP contribution in [-0.2, 0) is 30.6 Å². The van der Waals surface area contributed by atoms with Gasteiger partial charge in [-0.05, 0) is 61.1 Å². The highest BCUT2D eigenvalue weighted by Crippen LogP contribution is 2.49. The number of aryl methyl sites for hydroxylation is 1. The number of nitrogens with zero attached hydrogens (tertiary/aromatic N) is 2. The van der Waals surface area contributed by atoms with Gasteiger partial charge in [-0.25, -0.2) is 4.98 Å². The number of thioether (sulfide) groups is 1. The molecular formula is C32H29ClN2O2S. The Morgan fingerprint density at radius 3 is 2.42 bits per heavy atom. The Kier molecular flexibility index (Phi) is 6.98. The van der Waals surface area contributed by atoms with Gasteiger partial charge >= 0.3 is 0 Å². The lowest BCUT2D eigenvalue weighted by atomic mass is 9.68. The van der Waals surface area contributed by atoms with Crippen LogP contribution in [0.2, 0.25) is 5.02 Å². The molecule has 0 aliphatic heterocycles. The second kappa shape index (κ2) is 10.5. The minimum atomic E-state index is -0.146. The summed E-state index contributed by atoms with van der Waals surface area (Å²) in [5.74, 6) is 0.982. The Bertz CT molecular complexity index is 1540. The quantitative estimate of drug-likeness (QED) is 0.258. The highest BCUT2D eigenvalue weighted by atomic mass is 35.5. The first kappa shape index (κ1) is 25.1. The molecule has 192 valence electrons. The van der Waals surface area contributed by atoms with E-state index in [1.165, 1.54) is 22.9 Å². The number of halogens is 1. The lowest BCUT2D eigenvalue weighted by Gasteiger charge is -2.36. The highest BCUT2D eigenvalue weighted by Gasteiger charge is 2.44. The average Bonchev–Trinajstić information content (AvgIpc) is 3.40. The summed E-state index contributed by atoms with van der Waals surface area (Å²) in [6, 6.07) is 25.5.